The average molecular weight is 331 g/mol. The van der Waals surface area contributed by atoms with Gasteiger partial charge in [-0.1, -0.05) is 24.3 Å². The minimum Gasteiger partial charge on any atom is -0.392 e. The maximum Gasteiger partial charge on any atom is 0.237 e. The maximum absolute atomic E-state index is 12.2. The van der Waals surface area contributed by atoms with Crippen LogP contribution in [0.1, 0.15) is 30.6 Å². The topological polar surface area (TPSA) is 74.2 Å². The van der Waals surface area contributed by atoms with Crippen LogP contribution in [0.4, 0.5) is 0 Å². The van der Waals surface area contributed by atoms with Crippen molar-refractivity contribution in [2.75, 3.05) is 6.54 Å². The predicted octanol–water partition coefficient (Wildman–Crippen LogP) is 2.02. The number of carbonyl (C=O) groups is 1. The van der Waals surface area contributed by atoms with Crippen LogP contribution >= 0.6 is 11.3 Å². The maximum atomic E-state index is 12.2. The van der Waals surface area contributed by atoms with E-state index in [4.69, 9.17) is 0 Å². The van der Waals surface area contributed by atoms with E-state index in [0.29, 0.717) is 13.0 Å². The lowest BCUT2D eigenvalue weighted by molar-refractivity contribution is -0.123. The number of aryl methyl sites for hydroxylation is 1. The smallest absolute Gasteiger partial charge is 0.237 e. The van der Waals surface area contributed by atoms with Gasteiger partial charge >= 0.3 is 0 Å². The molecule has 1 aliphatic heterocycles. The number of nitrogens with one attached hydrogen (secondary N) is 2. The summed E-state index contributed by atoms with van der Waals surface area (Å²) in [6.45, 7) is 4.43. The molecule has 3 N–H and O–H groups in total. The molecule has 2 heterocycles. The molecule has 1 fully saturated rings. The highest BCUT2D eigenvalue weighted by Gasteiger charge is 2.28. The standard InChI is InChI=1S/C17H21N3O2S/c1-10-9-23-17(19-10)13-5-3-12(4-6-13)11(2)20-16(22)15-7-14(21)8-18-15/h3-6,9,11,14-15,18,21H,7-8H2,1-2H3,(H,20,22)/t11-,14-,15-/m0/s1. The number of hydrogen-bond acceptors (Lipinski definition) is 5. The van der Waals surface area contributed by atoms with Crippen LogP contribution < -0.4 is 10.6 Å². The van der Waals surface area contributed by atoms with Crippen molar-refractivity contribution in [1.29, 1.82) is 0 Å². The third kappa shape index (κ3) is 3.77. The number of aliphatic hydroxyl groups is 1. The quantitative estimate of drug-likeness (QED) is 0.801. The number of rotatable bonds is 4. The summed E-state index contributed by atoms with van der Waals surface area (Å²) in [5.74, 6) is -0.0614. The number of nitrogens with zero attached hydrogens (tertiary/aromatic N) is 1. The highest BCUT2D eigenvalue weighted by atomic mass is 32.1. The predicted molar refractivity (Wildman–Crippen MR) is 91.3 cm³/mol. The third-order valence-electron chi connectivity index (χ3n) is 4.06. The van der Waals surface area contributed by atoms with Gasteiger partial charge in [0.1, 0.15) is 5.01 Å². The highest BCUT2D eigenvalue weighted by Crippen LogP contribution is 2.25. The second kappa shape index (κ2) is 6.78. The zero-order chi connectivity index (χ0) is 16.4. The van der Waals surface area contributed by atoms with Gasteiger partial charge in [-0.25, -0.2) is 4.98 Å². The van der Waals surface area contributed by atoms with Crippen molar-refractivity contribution in [2.45, 2.75) is 38.5 Å². The number of amides is 1. The minimum atomic E-state index is -0.429. The molecule has 1 aromatic carbocycles. The zero-order valence-electron chi connectivity index (χ0n) is 13.2. The summed E-state index contributed by atoms with van der Waals surface area (Å²) in [5.41, 5.74) is 3.17. The van der Waals surface area contributed by atoms with Crippen molar-refractivity contribution in [2.24, 2.45) is 0 Å². The van der Waals surface area contributed by atoms with E-state index in [2.05, 4.69) is 15.6 Å². The number of benzene rings is 1. The normalized spacial score (nSPS) is 22.0. The SMILES string of the molecule is Cc1csc(-c2ccc([C@H](C)NC(=O)[C@@H]3C[C@H](O)CN3)cc2)n1. The van der Waals surface area contributed by atoms with E-state index in [1.54, 1.807) is 11.3 Å². The molecule has 23 heavy (non-hydrogen) atoms. The van der Waals surface area contributed by atoms with Crippen molar-refractivity contribution >= 4 is 17.2 Å². The first-order valence-electron chi connectivity index (χ1n) is 7.77. The van der Waals surface area contributed by atoms with E-state index < -0.39 is 6.10 Å². The van der Waals surface area contributed by atoms with Crippen molar-refractivity contribution in [3.05, 3.63) is 40.9 Å². The minimum absolute atomic E-state index is 0.0614. The van der Waals surface area contributed by atoms with Crippen molar-refractivity contribution < 1.29 is 9.90 Å². The van der Waals surface area contributed by atoms with Crippen molar-refractivity contribution in [3.8, 4) is 10.6 Å². The molecule has 3 atom stereocenters. The van der Waals surface area contributed by atoms with Crippen LogP contribution in [-0.4, -0.2) is 34.7 Å². The first kappa shape index (κ1) is 16.1. The molecule has 0 aliphatic carbocycles. The van der Waals surface area contributed by atoms with Gasteiger partial charge in [-0.05, 0) is 25.8 Å². The van der Waals surface area contributed by atoms with Gasteiger partial charge in [0.2, 0.25) is 5.91 Å². The first-order valence-corrected chi connectivity index (χ1v) is 8.65. The number of carbonyl (C=O) groups excluding carboxylic acids is 1. The molecule has 0 unspecified atom stereocenters. The molecular formula is C17H21N3O2S. The molecule has 0 bridgehead atoms. The fourth-order valence-corrected chi connectivity index (χ4v) is 3.52. The Morgan fingerprint density at radius 3 is 2.74 bits per heavy atom. The van der Waals surface area contributed by atoms with E-state index in [1.165, 1.54) is 0 Å². The summed E-state index contributed by atoms with van der Waals surface area (Å²) >= 11 is 1.63. The molecule has 1 aliphatic rings. The van der Waals surface area contributed by atoms with Gasteiger partial charge in [0.25, 0.3) is 0 Å². The average Bonchev–Trinajstić information content (AvgIpc) is 3.16. The van der Waals surface area contributed by atoms with Gasteiger partial charge in [0.15, 0.2) is 0 Å². The largest absolute Gasteiger partial charge is 0.392 e. The molecule has 1 aromatic heterocycles. The van der Waals surface area contributed by atoms with Gasteiger partial charge < -0.3 is 15.7 Å². The Morgan fingerprint density at radius 2 is 2.17 bits per heavy atom. The lowest BCUT2D eigenvalue weighted by atomic mass is 10.1. The molecule has 0 saturated carbocycles. The third-order valence-corrected chi connectivity index (χ3v) is 5.07. The van der Waals surface area contributed by atoms with Gasteiger partial charge in [-0.15, -0.1) is 11.3 Å². The van der Waals surface area contributed by atoms with E-state index in [0.717, 1.165) is 21.8 Å². The van der Waals surface area contributed by atoms with E-state index in [-0.39, 0.29) is 18.0 Å². The Morgan fingerprint density at radius 1 is 1.43 bits per heavy atom. The second-order valence-corrected chi connectivity index (χ2v) is 6.85. The molecule has 0 radical (unpaired) electrons. The van der Waals surface area contributed by atoms with Crippen molar-refractivity contribution in [1.82, 2.24) is 15.6 Å². The van der Waals surface area contributed by atoms with Crippen LogP contribution in [0, 0.1) is 6.92 Å². The Labute approximate surface area is 139 Å². The van der Waals surface area contributed by atoms with Crippen LogP contribution in [0.25, 0.3) is 10.6 Å². The monoisotopic (exact) mass is 331 g/mol. The van der Waals surface area contributed by atoms with Gasteiger partial charge in [0.05, 0.1) is 18.2 Å². The Balaban J connectivity index is 1.63. The summed E-state index contributed by atoms with van der Waals surface area (Å²) < 4.78 is 0. The fraction of sp³-hybridized carbons (Fsp3) is 0.412. The summed E-state index contributed by atoms with van der Waals surface area (Å²) in [5, 5.41) is 18.6. The number of aromatic nitrogens is 1. The van der Waals surface area contributed by atoms with Gasteiger partial charge in [0, 0.05) is 23.2 Å². The summed E-state index contributed by atoms with van der Waals surface area (Å²) in [6, 6.07) is 7.74. The summed E-state index contributed by atoms with van der Waals surface area (Å²) in [7, 11) is 0. The highest BCUT2D eigenvalue weighted by molar-refractivity contribution is 7.13. The number of hydrogen-bond donors (Lipinski definition) is 3. The molecule has 3 rings (SSSR count). The first-order chi connectivity index (χ1) is 11.0. The Kier molecular flexibility index (Phi) is 4.75. The molecular weight excluding hydrogens is 310 g/mol. The lowest BCUT2D eigenvalue weighted by Gasteiger charge is -2.17. The summed E-state index contributed by atoms with van der Waals surface area (Å²) in [6.07, 6.45) is 0.0445. The lowest BCUT2D eigenvalue weighted by Crippen LogP contribution is -2.41. The van der Waals surface area contributed by atoms with E-state index in [1.807, 2.05) is 43.5 Å². The van der Waals surface area contributed by atoms with Crippen LogP contribution in [0.2, 0.25) is 0 Å². The van der Waals surface area contributed by atoms with Gasteiger partial charge in [-0.3, -0.25) is 4.79 Å². The molecule has 5 nitrogen and oxygen atoms in total. The fourth-order valence-electron chi connectivity index (χ4n) is 2.72. The molecule has 6 heteroatoms. The van der Waals surface area contributed by atoms with E-state index in [9.17, 15) is 9.90 Å². The van der Waals surface area contributed by atoms with Crippen LogP contribution in [0.5, 0.6) is 0 Å². The molecule has 0 spiro atoms. The summed E-state index contributed by atoms with van der Waals surface area (Å²) in [4.78, 5) is 16.7. The van der Waals surface area contributed by atoms with Crippen molar-refractivity contribution in [3.63, 3.8) is 0 Å². The molecule has 1 amide bonds. The Hall–Kier alpha value is -1.76. The molecule has 122 valence electrons. The molecule has 2 aromatic rings. The number of β-amino-alcohol motifs (C(OH)–C–C–N with tert-alkyl or cyclic N) is 1. The van der Waals surface area contributed by atoms with E-state index >= 15 is 0 Å². The number of aliphatic hydroxyl groups excluding tert-OH is 1. The van der Waals surface area contributed by atoms with Crippen LogP contribution in [0.3, 0.4) is 0 Å². The van der Waals surface area contributed by atoms with Crippen LogP contribution in [-0.2, 0) is 4.79 Å². The Bertz CT molecular complexity index is 683. The van der Waals surface area contributed by atoms with Crippen LogP contribution in [0.15, 0.2) is 29.6 Å². The van der Waals surface area contributed by atoms with Gasteiger partial charge in [-0.2, -0.15) is 0 Å². The zero-order valence-corrected chi connectivity index (χ0v) is 14.1. The molecule has 1 saturated heterocycles. The second-order valence-electron chi connectivity index (χ2n) is 6.00. The number of thiazole rings is 1.